The van der Waals surface area contributed by atoms with Crippen LogP contribution in [-0.4, -0.2) is 0 Å². The average molecular weight is 227 g/mol. The van der Waals surface area contributed by atoms with Crippen LogP contribution in [0.2, 0.25) is 0 Å². The summed E-state index contributed by atoms with van der Waals surface area (Å²) in [7, 11) is 0. The summed E-state index contributed by atoms with van der Waals surface area (Å²) in [6.45, 7) is 5.83. The molecule has 0 atom stereocenters. The molecule has 1 aromatic carbocycles. The first kappa shape index (κ1) is 12.3. The molecule has 0 bridgehead atoms. The van der Waals surface area contributed by atoms with E-state index in [1.165, 1.54) is 0 Å². The van der Waals surface area contributed by atoms with Gasteiger partial charge in [0.2, 0.25) is 0 Å². The van der Waals surface area contributed by atoms with Crippen LogP contribution in [0.4, 0.5) is 4.39 Å². The molecule has 0 radical (unpaired) electrons. The SMILES string of the molecule is C/C=C(/Cl)c1cc(CC)c(F)cc1CC. The van der Waals surface area contributed by atoms with Gasteiger partial charge in [-0.15, -0.1) is 0 Å². The highest BCUT2D eigenvalue weighted by atomic mass is 35.5. The van der Waals surface area contributed by atoms with Crippen molar-refractivity contribution < 1.29 is 4.39 Å². The predicted octanol–water partition coefficient (Wildman–Crippen LogP) is 4.55. The molecule has 0 unspecified atom stereocenters. The van der Waals surface area contributed by atoms with Gasteiger partial charge >= 0.3 is 0 Å². The highest BCUT2D eigenvalue weighted by Crippen LogP contribution is 2.26. The van der Waals surface area contributed by atoms with Crippen LogP contribution in [0.1, 0.15) is 37.5 Å². The Labute approximate surface area is 95.8 Å². The van der Waals surface area contributed by atoms with Crippen LogP contribution in [0.3, 0.4) is 0 Å². The minimum Gasteiger partial charge on any atom is -0.207 e. The summed E-state index contributed by atoms with van der Waals surface area (Å²) in [6, 6.07) is 3.45. The maximum atomic E-state index is 13.5. The standard InChI is InChI=1S/C13H16ClF/c1-4-9-8-13(15)10(5-2)7-11(9)12(14)6-3/h6-8H,4-5H2,1-3H3/b12-6+. The third kappa shape index (κ3) is 2.60. The van der Waals surface area contributed by atoms with E-state index < -0.39 is 0 Å². The Morgan fingerprint density at radius 3 is 2.33 bits per heavy atom. The molecule has 2 heteroatoms. The van der Waals surface area contributed by atoms with Crippen LogP contribution in [-0.2, 0) is 12.8 Å². The monoisotopic (exact) mass is 226 g/mol. The Morgan fingerprint density at radius 1 is 1.27 bits per heavy atom. The lowest BCUT2D eigenvalue weighted by Gasteiger charge is -2.10. The topological polar surface area (TPSA) is 0 Å². The van der Waals surface area contributed by atoms with Crippen molar-refractivity contribution >= 4 is 16.6 Å². The maximum absolute atomic E-state index is 13.5. The van der Waals surface area contributed by atoms with Gasteiger partial charge in [0.1, 0.15) is 5.82 Å². The molecule has 0 aliphatic heterocycles. The first-order chi connectivity index (χ1) is 7.13. The highest BCUT2D eigenvalue weighted by Gasteiger charge is 2.09. The smallest absolute Gasteiger partial charge is 0.126 e. The van der Waals surface area contributed by atoms with Crippen molar-refractivity contribution in [1.82, 2.24) is 0 Å². The zero-order chi connectivity index (χ0) is 11.4. The van der Waals surface area contributed by atoms with Gasteiger partial charge in [-0.1, -0.05) is 31.5 Å². The maximum Gasteiger partial charge on any atom is 0.126 e. The summed E-state index contributed by atoms with van der Waals surface area (Å²) >= 11 is 6.09. The Bertz CT molecular complexity index is 380. The number of halogens is 2. The largest absolute Gasteiger partial charge is 0.207 e. The molecule has 0 saturated carbocycles. The van der Waals surface area contributed by atoms with Gasteiger partial charge in [-0.2, -0.15) is 0 Å². The van der Waals surface area contributed by atoms with Gasteiger partial charge in [0.15, 0.2) is 0 Å². The Balaban J connectivity index is 3.35. The van der Waals surface area contributed by atoms with Crippen molar-refractivity contribution in [2.24, 2.45) is 0 Å². The summed E-state index contributed by atoms with van der Waals surface area (Å²) in [5.41, 5.74) is 2.65. The fourth-order valence-corrected chi connectivity index (χ4v) is 1.78. The summed E-state index contributed by atoms with van der Waals surface area (Å²) < 4.78 is 13.5. The fourth-order valence-electron chi connectivity index (χ4n) is 1.60. The number of aryl methyl sites for hydroxylation is 2. The van der Waals surface area contributed by atoms with Gasteiger partial charge in [0.05, 0.1) is 0 Å². The van der Waals surface area contributed by atoms with E-state index in [0.717, 1.165) is 23.1 Å². The predicted molar refractivity (Wildman–Crippen MR) is 64.7 cm³/mol. The van der Waals surface area contributed by atoms with Crippen molar-refractivity contribution in [3.8, 4) is 0 Å². The normalized spacial score (nSPS) is 11.9. The molecule has 0 nitrogen and oxygen atoms in total. The van der Waals surface area contributed by atoms with E-state index in [2.05, 4.69) is 0 Å². The van der Waals surface area contributed by atoms with Gasteiger partial charge in [-0.05, 0) is 48.6 Å². The molecule has 1 aromatic rings. The van der Waals surface area contributed by atoms with E-state index in [-0.39, 0.29) is 5.82 Å². The second kappa shape index (κ2) is 5.32. The number of allylic oxidation sites excluding steroid dienone is 1. The minimum absolute atomic E-state index is 0.126. The highest BCUT2D eigenvalue weighted by molar-refractivity contribution is 6.48. The Hall–Kier alpha value is -0.820. The molecular formula is C13H16ClF. The molecular weight excluding hydrogens is 211 g/mol. The molecule has 0 aromatic heterocycles. The second-order valence-electron chi connectivity index (χ2n) is 3.44. The Morgan fingerprint density at radius 2 is 1.87 bits per heavy atom. The van der Waals surface area contributed by atoms with Crippen molar-refractivity contribution in [2.75, 3.05) is 0 Å². The van der Waals surface area contributed by atoms with E-state index in [1.807, 2.05) is 32.9 Å². The van der Waals surface area contributed by atoms with E-state index in [0.29, 0.717) is 11.5 Å². The van der Waals surface area contributed by atoms with Crippen LogP contribution in [0.25, 0.3) is 5.03 Å². The van der Waals surface area contributed by atoms with Crippen molar-refractivity contribution in [2.45, 2.75) is 33.6 Å². The molecule has 0 spiro atoms. The lowest BCUT2D eigenvalue weighted by Crippen LogP contribution is -1.96. The fraction of sp³-hybridized carbons (Fsp3) is 0.385. The number of hydrogen-bond acceptors (Lipinski definition) is 0. The summed E-state index contributed by atoms with van der Waals surface area (Å²) in [5, 5.41) is 0.696. The van der Waals surface area contributed by atoms with Crippen LogP contribution >= 0.6 is 11.6 Å². The Kier molecular flexibility index (Phi) is 4.34. The van der Waals surface area contributed by atoms with E-state index in [9.17, 15) is 4.39 Å². The van der Waals surface area contributed by atoms with Crippen molar-refractivity contribution in [1.29, 1.82) is 0 Å². The third-order valence-electron chi connectivity index (χ3n) is 2.54. The van der Waals surface area contributed by atoms with Gasteiger partial charge < -0.3 is 0 Å². The molecule has 0 aliphatic carbocycles. The van der Waals surface area contributed by atoms with Gasteiger partial charge in [0, 0.05) is 5.03 Å². The molecule has 82 valence electrons. The molecule has 1 rings (SSSR count). The molecule has 15 heavy (non-hydrogen) atoms. The molecule has 0 amide bonds. The minimum atomic E-state index is -0.126. The first-order valence-electron chi connectivity index (χ1n) is 5.27. The molecule has 0 N–H and O–H groups in total. The van der Waals surface area contributed by atoms with E-state index in [4.69, 9.17) is 11.6 Å². The van der Waals surface area contributed by atoms with Crippen LogP contribution in [0.15, 0.2) is 18.2 Å². The summed E-state index contributed by atoms with van der Waals surface area (Å²) in [5.74, 6) is -0.126. The molecule has 0 saturated heterocycles. The average Bonchev–Trinajstić information content (AvgIpc) is 2.27. The van der Waals surface area contributed by atoms with Crippen molar-refractivity contribution in [3.05, 3.63) is 40.7 Å². The van der Waals surface area contributed by atoms with E-state index in [1.54, 1.807) is 6.07 Å². The van der Waals surface area contributed by atoms with Crippen LogP contribution in [0.5, 0.6) is 0 Å². The third-order valence-corrected chi connectivity index (χ3v) is 2.97. The second-order valence-corrected chi connectivity index (χ2v) is 3.85. The number of hydrogen-bond donors (Lipinski definition) is 0. The molecule has 0 aliphatic rings. The lowest BCUT2D eigenvalue weighted by molar-refractivity contribution is 0.610. The first-order valence-corrected chi connectivity index (χ1v) is 5.65. The molecule has 0 heterocycles. The summed E-state index contributed by atoms with van der Waals surface area (Å²) in [4.78, 5) is 0. The van der Waals surface area contributed by atoms with Crippen LogP contribution in [0, 0.1) is 5.82 Å². The quantitative estimate of drug-likeness (QED) is 0.709. The van der Waals surface area contributed by atoms with Crippen LogP contribution < -0.4 is 0 Å². The summed E-state index contributed by atoms with van der Waals surface area (Å²) in [6.07, 6.45) is 3.32. The number of rotatable bonds is 3. The van der Waals surface area contributed by atoms with Crippen molar-refractivity contribution in [3.63, 3.8) is 0 Å². The zero-order valence-corrected chi connectivity index (χ0v) is 10.2. The van der Waals surface area contributed by atoms with E-state index >= 15 is 0 Å². The van der Waals surface area contributed by atoms with Gasteiger partial charge in [-0.25, -0.2) is 4.39 Å². The van der Waals surface area contributed by atoms with Gasteiger partial charge in [0.25, 0.3) is 0 Å². The molecule has 0 fully saturated rings. The van der Waals surface area contributed by atoms with Gasteiger partial charge in [-0.3, -0.25) is 0 Å². The zero-order valence-electron chi connectivity index (χ0n) is 9.40. The number of benzene rings is 1. The lowest BCUT2D eigenvalue weighted by atomic mass is 9.99.